The van der Waals surface area contributed by atoms with Crippen molar-refractivity contribution in [3.63, 3.8) is 0 Å². The summed E-state index contributed by atoms with van der Waals surface area (Å²) in [5, 5.41) is 0. The van der Waals surface area contributed by atoms with Gasteiger partial charge in [0.05, 0.1) is 0 Å². The van der Waals surface area contributed by atoms with Gasteiger partial charge in [0, 0.05) is 6.04 Å². The molecule has 2 rings (SSSR count). The van der Waals surface area contributed by atoms with E-state index in [0.29, 0.717) is 0 Å². The Balaban J connectivity index is 0.000000500. The summed E-state index contributed by atoms with van der Waals surface area (Å²) in [6.07, 6.45) is 7.38. The molecule has 0 aliphatic carbocycles. The van der Waals surface area contributed by atoms with E-state index in [-0.39, 0.29) is 6.15 Å². The molecule has 10 heavy (non-hydrogen) atoms. The Labute approximate surface area is 63.2 Å². The number of rotatable bonds is 0. The summed E-state index contributed by atoms with van der Waals surface area (Å²) in [6.45, 7) is 2.79. The third kappa shape index (κ3) is 1.32. The number of hydrogen-bond acceptors (Lipinski definition) is 2. The van der Waals surface area contributed by atoms with Crippen LogP contribution in [0.3, 0.4) is 0 Å². The molecule has 0 spiro atoms. The average Bonchev–Trinajstić information content (AvgIpc) is 2.33. The van der Waals surface area contributed by atoms with E-state index in [9.17, 15) is 0 Å². The highest BCUT2D eigenvalue weighted by Gasteiger charge is 2.25. The van der Waals surface area contributed by atoms with Crippen LogP contribution in [0.15, 0.2) is 0 Å². The van der Waals surface area contributed by atoms with Gasteiger partial charge in [0.1, 0.15) is 0 Å². The lowest BCUT2D eigenvalue weighted by Gasteiger charge is -2.28. The van der Waals surface area contributed by atoms with Gasteiger partial charge in [-0.05, 0) is 38.8 Å². The van der Waals surface area contributed by atoms with Gasteiger partial charge in [0.25, 0.3) is 0 Å². The van der Waals surface area contributed by atoms with Crippen molar-refractivity contribution in [3.8, 4) is 0 Å². The molecule has 0 aromatic heterocycles. The van der Waals surface area contributed by atoms with E-state index in [2.05, 4.69) is 4.90 Å². The summed E-state index contributed by atoms with van der Waals surface area (Å²) >= 11 is 0. The van der Waals surface area contributed by atoms with E-state index in [1.807, 2.05) is 0 Å². The Bertz CT molecular complexity index is 91.4. The third-order valence-electron chi connectivity index (χ3n) is 2.73. The standard InChI is InChI=1S/C8H15N.H3N/c1-2-6-9-7-3-5-8(9)4-1;/h8H,1-7H2;1H3. The lowest BCUT2D eigenvalue weighted by molar-refractivity contribution is 0.198. The highest BCUT2D eigenvalue weighted by molar-refractivity contribution is 4.81. The van der Waals surface area contributed by atoms with Crippen LogP contribution < -0.4 is 6.15 Å². The summed E-state index contributed by atoms with van der Waals surface area (Å²) in [5.41, 5.74) is 0. The van der Waals surface area contributed by atoms with Gasteiger partial charge in [-0.3, -0.25) is 0 Å². The van der Waals surface area contributed by atoms with Crippen molar-refractivity contribution in [1.29, 1.82) is 0 Å². The van der Waals surface area contributed by atoms with Crippen LogP contribution in [0.25, 0.3) is 0 Å². The Morgan fingerprint density at radius 2 is 1.60 bits per heavy atom. The smallest absolute Gasteiger partial charge is 0.00957 e. The molecule has 2 saturated heterocycles. The molecule has 2 nitrogen and oxygen atoms in total. The SMILES string of the molecule is C1CCN2CCCC2C1.N. The van der Waals surface area contributed by atoms with E-state index < -0.39 is 0 Å². The average molecular weight is 142 g/mol. The largest absolute Gasteiger partial charge is 0.344 e. The molecule has 2 fully saturated rings. The number of piperidine rings is 1. The molecule has 0 amide bonds. The molecule has 3 N–H and O–H groups in total. The van der Waals surface area contributed by atoms with E-state index >= 15 is 0 Å². The molecular weight excluding hydrogens is 124 g/mol. The first kappa shape index (κ1) is 8.02. The zero-order chi connectivity index (χ0) is 6.10. The van der Waals surface area contributed by atoms with Crippen molar-refractivity contribution in [2.45, 2.75) is 38.1 Å². The molecular formula is C8H18N2. The van der Waals surface area contributed by atoms with Crippen molar-refractivity contribution in [2.24, 2.45) is 0 Å². The maximum atomic E-state index is 2.67. The van der Waals surface area contributed by atoms with Gasteiger partial charge in [-0.2, -0.15) is 0 Å². The van der Waals surface area contributed by atoms with E-state index in [1.165, 1.54) is 45.2 Å². The normalized spacial score (nSPS) is 33.0. The fourth-order valence-electron chi connectivity index (χ4n) is 2.21. The second-order valence-electron chi connectivity index (χ2n) is 3.33. The topological polar surface area (TPSA) is 38.2 Å². The molecule has 2 heteroatoms. The van der Waals surface area contributed by atoms with Gasteiger partial charge in [-0.15, -0.1) is 0 Å². The molecule has 1 atom stereocenters. The molecule has 2 aliphatic rings. The van der Waals surface area contributed by atoms with Crippen molar-refractivity contribution >= 4 is 0 Å². The Morgan fingerprint density at radius 3 is 2.40 bits per heavy atom. The van der Waals surface area contributed by atoms with Crippen LogP contribution in [0.2, 0.25) is 0 Å². The molecule has 60 valence electrons. The second kappa shape index (κ2) is 3.35. The van der Waals surface area contributed by atoms with Gasteiger partial charge in [-0.25, -0.2) is 0 Å². The maximum Gasteiger partial charge on any atom is 0.00957 e. The van der Waals surface area contributed by atoms with Crippen LogP contribution in [0.4, 0.5) is 0 Å². The van der Waals surface area contributed by atoms with Crippen LogP contribution in [-0.4, -0.2) is 24.0 Å². The Hall–Kier alpha value is -0.0800. The lowest BCUT2D eigenvalue weighted by atomic mass is 10.0. The van der Waals surface area contributed by atoms with Crippen LogP contribution in [0.1, 0.15) is 32.1 Å². The maximum absolute atomic E-state index is 2.67. The Morgan fingerprint density at radius 1 is 0.900 bits per heavy atom. The van der Waals surface area contributed by atoms with Gasteiger partial charge in [0.15, 0.2) is 0 Å². The molecule has 2 aliphatic heterocycles. The summed E-state index contributed by atoms with van der Waals surface area (Å²) < 4.78 is 0. The molecule has 0 saturated carbocycles. The Kier molecular flexibility index (Phi) is 2.69. The van der Waals surface area contributed by atoms with Gasteiger partial charge >= 0.3 is 0 Å². The third-order valence-corrected chi connectivity index (χ3v) is 2.73. The summed E-state index contributed by atoms with van der Waals surface area (Å²) in [5.74, 6) is 0. The number of hydrogen-bond donors (Lipinski definition) is 1. The van der Waals surface area contributed by atoms with Crippen LogP contribution in [0.5, 0.6) is 0 Å². The van der Waals surface area contributed by atoms with Crippen LogP contribution in [0, 0.1) is 0 Å². The zero-order valence-electron chi connectivity index (χ0n) is 6.68. The van der Waals surface area contributed by atoms with E-state index in [0.717, 1.165) is 6.04 Å². The summed E-state index contributed by atoms with van der Waals surface area (Å²) in [7, 11) is 0. The minimum absolute atomic E-state index is 0. The number of fused-ring (bicyclic) bond motifs is 1. The first-order valence-corrected chi connectivity index (χ1v) is 4.21. The quantitative estimate of drug-likeness (QED) is 0.560. The summed E-state index contributed by atoms with van der Waals surface area (Å²) in [4.78, 5) is 2.67. The highest BCUT2D eigenvalue weighted by atomic mass is 15.2. The monoisotopic (exact) mass is 142 g/mol. The molecule has 2 heterocycles. The molecule has 1 unspecified atom stereocenters. The van der Waals surface area contributed by atoms with Gasteiger partial charge in [0.2, 0.25) is 0 Å². The fourth-order valence-corrected chi connectivity index (χ4v) is 2.21. The van der Waals surface area contributed by atoms with E-state index in [4.69, 9.17) is 0 Å². The van der Waals surface area contributed by atoms with E-state index in [1.54, 1.807) is 0 Å². The molecule has 0 bridgehead atoms. The van der Waals surface area contributed by atoms with Crippen molar-refractivity contribution in [1.82, 2.24) is 11.1 Å². The first-order chi connectivity index (χ1) is 4.47. The van der Waals surface area contributed by atoms with Crippen LogP contribution >= 0.6 is 0 Å². The predicted molar refractivity (Wildman–Crippen MR) is 43.5 cm³/mol. The molecule has 0 radical (unpaired) electrons. The minimum Gasteiger partial charge on any atom is -0.344 e. The lowest BCUT2D eigenvalue weighted by Crippen LogP contribution is -2.33. The summed E-state index contributed by atoms with van der Waals surface area (Å²) in [6, 6.07) is 0.999. The van der Waals surface area contributed by atoms with Crippen molar-refractivity contribution in [3.05, 3.63) is 0 Å². The van der Waals surface area contributed by atoms with Crippen molar-refractivity contribution < 1.29 is 0 Å². The van der Waals surface area contributed by atoms with Gasteiger partial charge in [-0.1, -0.05) is 6.42 Å². The number of nitrogens with zero attached hydrogens (tertiary/aromatic N) is 1. The fraction of sp³-hybridized carbons (Fsp3) is 1.00. The molecule has 0 aromatic rings. The van der Waals surface area contributed by atoms with Crippen LogP contribution in [-0.2, 0) is 0 Å². The first-order valence-electron chi connectivity index (χ1n) is 4.21. The van der Waals surface area contributed by atoms with Crippen molar-refractivity contribution in [2.75, 3.05) is 13.1 Å². The second-order valence-corrected chi connectivity index (χ2v) is 3.33. The zero-order valence-corrected chi connectivity index (χ0v) is 6.68. The minimum atomic E-state index is 0. The molecule has 0 aromatic carbocycles. The van der Waals surface area contributed by atoms with Gasteiger partial charge < -0.3 is 11.1 Å². The predicted octanol–water partition coefficient (Wildman–Crippen LogP) is 1.80. The highest BCUT2D eigenvalue weighted by Crippen LogP contribution is 2.25.